The summed E-state index contributed by atoms with van der Waals surface area (Å²) in [5.41, 5.74) is 0.530. The fourth-order valence-corrected chi connectivity index (χ4v) is 1.83. The molecule has 8 nitrogen and oxygen atoms in total. The second kappa shape index (κ2) is 6.08. The van der Waals surface area contributed by atoms with E-state index in [2.05, 4.69) is 10.3 Å². The van der Waals surface area contributed by atoms with Crippen LogP contribution in [0.25, 0.3) is 0 Å². The van der Waals surface area contributed by atoms with Gasteiger partial charge in [-0.2, -0.15) is 0 Å². The second-order valence-electron chi connectivity index (χ2n) is 4.45. The Morgan fingerprint density at radius 2 is 2.05 bits per heavy atom. The minimum atomic E-state index is -0.572. The van der Waals surface area contributed by atoms with Crippen LogP contribution in [0, 0.1) is 10.1 Å². The average molecular weight is 303 g/mol. The van der Waals surface area contributed by atoms with E-state index < -0.39 is 10.8 Å². The van der Waals surface area contributed by atoms with Crippen LogP contribution in [0.3, 0.4) is 0 Å². The van der Waals surface area contributed by atoms with Crippen LogP contribution in [0.2, 0.25) is 0 Å². The van der Waals surface area contributed by atoms with Crippen molar-refractivity contribution in [3.63, 3.8) is 0 Å². The smallest absolute Gasteiger partial charge is 0.272 e. The maximum Gasteiger partial charge on any atom is 0.272 e. The summed E-state index contributed by atoms with van der Waals surface area (Å²) in [6.45, 7) is 1.38. The molecule has 0 aliphatic heterocycles. The standard InChI is InChI=1S/C14H13N3O5/c1-8(18)9-5-12(15-7-9)14(19)16-11-6-10(17(20)21)3-4-13(11)22-2/h3-7,15H,1-2H3,(H,16,19). The highest BCUT2D eigenvalue weighted by molar-refractivity contribution is 6.06. The van der Waals surface area contributed by atoms with Crippen LogP contribution in [0.1, 0.15) is 27.8 Å². The number of amides is 1. The number of ether oxygens (including phenoxy) is 1. The number of ketones is 1. The van der Waals surface area contributed by atoms with Gasteiger partial charge in [-0.3, -0.25) is 19.7 Å². The number of anilines is 1. The van der Waals surface area contributed by atoms with Gasteiger partial charge in [0.15, 0.2) is 5.78 Å². The molecule has 1 aromatic heterocycles. The van der Waals surface area contributed by atoms with Crippen LogP contribution in [-0.2, 0) is 0 Å². The van der Waals surface area contributed by atoms with Crippen molar-refractivity contribution in [1.82, 2.24) is 4.98 Å². The van der Waals surface area contributed by atoms with Gasteiger partial charge in [0.2, 0.25) is 0 Å². The van der Waals surface area contributed by atoms with Gasteiger partial charge >= 0.3 is 0 Å². The van der Waals surface area contributed by atoms with Gasteiger partial charge in [-0.15, -0.1) is 0 Å². The Morgan fingerprint density at radius 1 is 1.32 bits per heavy atom. The number of hydrogen-bond donors (Lipinski definition) is 2. The molecule has 0 saturated carbocycles. The number of aromatic nitrogens is 1. The molecular weight excluding hydrogens is 290 g/mol. The van der Waals surface area contributed by atoms with E-state index in [4.69, 9.17) is 4.74 Å². The topological polar surface area (TPSA) is 114 Å². The van der Waals surface area contributed by atoms with Gasteiger partial charge in [0.25, 0.3) is 11.6 Å². The van der Waals surface area contributed by atoms with Gasteiger partial charge in [-0.1, -0.05) is 0 Å². The number of methoxy groups -OCH3 is 1. The maximum absolute atomic E-state index is 12.1. The normalized spacial score (nSPS) is 10.1. The number of nitro groups is 1. The maximum atomic E-state index is 12.1. The molecule has 2 N–H and O–H groups in total. The van der Waals surface area contributed by atoms with Crippen molar-refractivity contribution >= 4 is 23.1 Å². The Labute approximate surface area is 125 Å². The molecule has 22 heavy (non-hydrogen) atoms. The van der Waals surface area contributed by atoms with E-state index in [9.17, 15) is 19.7 Å². The number of non-ortho nitro benzene ring substituents is 1. The van der Waals surface area contributed by atoms with Crippen molar-refractivity contribution in [1.29, 1.82) is 0 Å². The number of Topliss-reactive ketones (excluding diaryl/α,β-unsaturated/α-hetero) is 1. The highest BCUT2D eigenvalue weighted by Crippen LogP contribution is 2.29. The highest BCUT2D eigenvalue weighted by atomic mass is 16.6. The lowest BCUT2D eigenvalue weighted by molar-refractivity contribution is -0.384. The summed E-state index contributed by atoms with van der Waals surface area (Å²) in [4.78, 5) is 36.2. The fraction of sp³-hybridized carbons (Fsp3) is 0.143. The Bertz CT molecular complexity index is 751. The first-order chi connectivity index (χ1) is 10.4. The Kier molecular flexibility index (Phi) is 4.21. The average Bonchev–Trinajstić information content (AvgIpc) is 2.97. The predicted octanol–water partition coefficient (Wildman–Crippen LogP) is 2.39. The van der Waals surface area contributed by atoms with Crippen LogP contribution < -0.4 is 10.1 Å². The predicted molar refractivity (Wildman–Crippen MR) is 78.4 cm³/mol. The molecule has 0 bridgehead atoms. The van der Waals surface area contributed by atoms with Gasteiger partial charge in [-0.05, 0) is 19.1 Å². The summed E-state index contributed by atoms with van der Waals surface area (Å²) in [6.07, 6.45) is 1.42. The van der Waals surface area contributed by atoms with Crippen molar-refractivity contribution in [2.45, 2.75) is 6.92 Å². The van der Waals surface area contributed by atoms with E-state index in [1.807, 2.05) is 0 Å². The summed E-state index contributed by atoms with van der Waals surface area (Å²) in [5.74, 6) is -0.424. The number of carbonyl (C=O) groups excluding carboxylic acids is 2. The molecule has 2 aromatic rings. The van der Waals surface area contributed by atoms with E-state index >= 15 is 0 Å². The number of carbonyl (C=O) groups is 2. The SMILES string of the molecule is COc1ccc([N+](=O)[O-])cc1NC(=O)c1cc(C(C)=O)c[nH]1. The minimum Gasteiger partial charge on any atom is -0.495 e. The highest BCUT2D eigenvalue weighted by Gasteiger charge is 2.16. The van der Waals surface area contributed by atoms with Crippen molar-refractivity contribution in [3.05, 3.63) is 51.8 Å². The largest absolute Gasteiger partial charge is 0.495 e. The lowest BCUT2D eigenvalue weighted by Gasteiger charge is -2.09. The van der Waals surface area contributed by atoms with Gasteiger partial charge < -0.3 is 15.0 Å². The van der Waals surface area contributed by atoms with Gasteiger partial charge in [0.05, 0.1) is 17.7 Å². The van der Waals surface area contributed by atoms with Gasteiger partial charge in [0.1, 0.15) is 11.4 Å². The van der Waals surface area contributed by atoms with Crippen LogP contribution >= 0.6 is 0 Å². The molecule has 2 rings (SSSR count). The number of rotatable bonds is 5. The molecule has 0 aliphatic carbocycles. The third-order valence-electron chi connectivity index (χ3n) is 2.98. The van der Waals surface area contributed by atoms with E-state index in [-0.39, 0.29) is 28.6 Å². The van der Waals surface area contributed by atoms with Crippen LogP contribution in [-0.4, -0.2) is 28.7 Å². The minimum absolute atomic E-state index is 0.166. The molecule has 114 valence electrons. The van der Waals surface area contributed by atoms with Crippen LogP contribution in [0.5, 0.6) is 5.75 Å². The fourth-order valence-electron chi connectivity index (χ4n) is 1.83. The molecule has 0 fully saturated rings. The molecule has 0 radical (unpaired) electrons. The molecule has 1 amide bonds. The van der Waals surface area contributed by atoms with Crippen molar-refractivity contribution in [3.8, 4) is 5.75 Å². The number of nitrogens with one attached hydrogen (secondary N) is 2. The third kappa shape index (κ3) is 3.11. The molecule has 0 saturated heterocycles. The molecular formula is C14H13N3O5. The van der Waals surface area contributed by atoms with Crippen LogP contribution in [0.4, 0.5) is 11.4 Å². The first-order valence-corrected chi connectivity index (χ1v) is 6.25. The lowest BCUT2D eigenvalue weighted by atomic mass is 10.2. The first-order valence-electron chi connectivity index (χ1n) is 6.25. The van der Waals surface area contributed by atoms with Crippen molar-refractivity contribution in [2.75, 3.05) is 12.4 Å². The molecule has 1 aromatic carbocycles. The summed E-state index contributed by atoms with van der Waals surface area (Å²) in [5, 5.41) is 13.3. The summed E-state index contributed by atoms with van der Waals surface area (Å²) >= 11 is 0. The quantitative estimate of drug-likeness (QED) is 0.500. The first kappa shape index (κ1) is 15.2. The Balaban J connectivity index is 2.28. The number of aromatic amines is 1. The monoisotopic (exact) mass is 303 g/mol. The van der Waals surface area contributed by atoms with E-state index in [1.165, 1.54) is 44.5 Å². The zero-order valence-electron chi connectivity index (χ0n) is 11.9. The zero-order chi connectivity index (χ0) is 16.3. The van der Waals surface area contributed by atoms with Gasteiger partial charge in [-0.25, -0.2) is 0 Å². The molecule has 0 unspecified atom stereocenters. The lowest BCUT2D eigenvalue weighted by Crippen LogP contribution is -2.13. The number of nitro benzene ring substituents is 1. The zero-order valence-corrected chi connectivity index (χ0v) is 11.9. The third-order valence-corrected chi connectivity index (χ3v) is 2.98. The number of benzene rings is 1. The van der Waals surface area contributed by atoms with E-state index in [0.717, 1.165) is 0 Å². The van der Waals surface area contributed by atoms with Crippen molar-refractivity contribution in [2.24, 2.45) is 0 Å². The number of H-pyrrole nitrogens is 1. The van der Waals surface area contributed by atoms with Gasteiger partial charge in [0, 0.05) is 23.9 Å². The summed E-state index contributed by atoms with van der Waals surface area (Å²) < 4.78 is 5.06. The molecule has 8 heteroatoms. The Morgan fingerprint density at radius 3 is 2.59 bits per heavy atom. The molecule has 1 heterocycles. The number of nitrogens with zero attached hydrogens (tertiary/aromatic N) is 1. The second-order valence-corrected chi connectivity index (χ2v) is 4.45. The van der Waals surface area contributed by atoms with E-state index in [0.29, 0.717) is 5.56 Å². The van der Waals surface area contributed by atoms with E-state index in [1.54, 1.807) is 0 Å². The van der Waals surface area contributed by atoms with Crippen molar-refractivity contribution < 1.29 is 19.2 Å². The number of hydrogen-bond acceptors (Lipinski definition) is 5. The molecule has 0 atom stereocenters. The summed E-state index contributed by atoms with van der Waals surface area (Å²) in [6, 6.07) is 5.27. The van der Waals surface area contributed by atoms with Crippen LogP contribution in [0.15, 0.2) is 30.5 Å². The molecule has 0 aliphatic rings. The molecule has 0 spiro atoms. The Hall–Kier alpha value is -3.16. The summed E-state index contributed by atoms with van der Waals surface area (Å²) in [7, 11) is 1.39.